The van der Waals surface area contributed by atoms with Crippen LogP contribution in [0.15, 0.2) is 22.7 Å². The molecule has 1 atom stereocenters. The standard InChI is InChI=1S/C14H18Br2O/c1-9-5-6-11(15)10(7-9)8-12(16)13(17)14(2,3)4/h5-7,12H,8H2,1-4H3. The second kappa shape index (κ2) is 5.66. The number of carbonyl (C=O) groups is 1. The van der Waals surface area contributed by atoms with Gasteiger partial charge in [0, 0.05) is 9.89 Å². The predicted octanol–water partition coefficient (Wildman–Crippen LogP) is 4.68. The Morgan fingerprint density at radius 2 is 1.94 bits per heavy atom. The number of rotatable bonds is 3. The van der Waals surface area contributed by atoms with Gasteiger partial charge in [-0.1, -0.05) is 70.3 Å². The Kier molecular flexibility index (Phi) is 4.96. The van der Waals surface area contributed by atoms with Crippen LogP contribution in [-0.2, 0) is 11.2 Å². The van der Waals surface area contributed by atoms with Gasteiger partial charge in [-0.3, -0.25) is 4.79 Å². The maximum absolute atomic E-state index is 12.1. The fraction of sp³-hybridized carbons (Fsp3) is 0.500. The number of hydrogen-bond donors (Lipinski definition) is 0. The molecular weight excluding hydrogens is 344 g/mol. The highest BCUT2D eigenvalue weighted by molar-refractivity contribution is 9.10. The molecule has 0 aliphatic carbocycles. The van der Waals surface area contributed by atoms with Crippen LogP contribution in [0, 0.1) is 12.3 Å². The fourth-order valence-corrected chi connectivity index (χ4v) is 3.06. The van der Waals surface area contributed by atoms with Crippen molar-refractivity contribution in [2.24, 2.45) is 5.41 Å². The summed E-state index contributed by atoms with van der Waals surface area (Å²) in [5.41, 5.74) is 2.08. The highest BCUT2D eigenvalue weighted by Crippen LogP contribution is 2.26. The second-order valence-electron chi connectivity index (χ2n) is 5.38. The van der Waals surface area contributed by atoms with Gasteiger partial charge in [0.15, 0.2) is 5.78 Å². The van der Waals surface area contributed by atoms with Crippen molar-refractivity contribution >= 4 is 37.6 Å². The van der Waals surface area contributed by atoms with Gasteiger partial charge in [0.05, 0.1) is 4.83 Å². The van der Waals surface area contributed by atoms with E-state index in [1.165, 1.54) is 11.1 Å². The van der Waals surface area contributed by atoms with E-state index in [4.69, 9.17) is 0 Å². The highest BCUT2D eigenvalue weighted by Gasteiger charge is 2.28. The lowest BCUT2D eigenvalue weighted by Crippen LogP contribution is -2.30. The average molecular weight is 362 g/mol. The van der Waals surface area contributed by atoms with Crippen LogP contribution < -0.4 is 0 Å². The zero-order valence-corrected chi connectivity index (χ0v) is 13.9. The number of Topliss-reactive ketones (excluding diaryl/α,β-unsaturated/α-hetero) is 1. The smallest absolute Gasteiger partial charge is 0.152 e. The summed E-state index contributed by atoms with van der Waals surface area (Å²) in [5.74, 6) is 0.242. The van der Waals surface area contributed by atoms with E-state index < -0.39 is 0 Å². The van der Waals surface area contributed by atoms with Crippen LogP contribution in [0.1, 0.15) is 31.9 Å². The molecule has 0 aromatic heterocycles. The molecule has 1 rings (SSSR count). The first-order chi connectivity index (χ1) is 7.71. The molecule has 0 bridgehead atoms. The first-order valence-corrected chi connectivity index (χ1v) is 7.36. The molecule has 0 N–H and O–H groups in total. The van der Waals surface area contributed by atoms with Crippen LogP contribution >= 0.6 is 31.9 Å². The van der Waals surface area contributed by atoms with Crippen molar-refractivity contribution in [3.8, 4) is 0 Å². The Morgan fingerprint density at radius 1 is 1.35 bits per heavy atom. The summed E-state index contributed by atoms with van der Waals surface area (Å²) in [7, 11) is 0. The summed E-state index contributed by atoms with van der Waals surface area (Å²) < 4.78 is 1.06. The largest absolute Gasteiger partial charge is 0.298 e. The summed E-state index contributed by atoms with van der Waals surface area (Å²) in [6.07, 6.45) is 0.721. The molecule has 3 heteroatoms. The first-order valence-electron chi connectivity index (χ1n) is 5.65. The van der Waals surface area contributed by atoms with Gasteiger partial charge in [-0.05, 0) is 25.0 Å². The molecule has 0 saturated heterocycles. The zero-order valence-electron chi connectivity index (χ0n) is 10.7. The molecule has 1 aromatic rings. The van der Waals surface area contributed by atoms with Gasteiger partial charge in [0.1, 0.15) is 0 Å². The van der Waals surface area contributed by atoms with E-state index in [1.807, 2.05) is 26.8 Å². The number of benzene rings is 1. The number of halogens is 2. The lowest BCUT2D eigenvalue weighted by Gasteiger charge is -2.21. The normalized spacial score (nSPS) is 13.5. The molecule has 1 nitrogen and oxygen atoms in total. The lowest BCUT2D eigenvalue weighted by molar-refractivity contribution is -0.125. The molecule has 0 aliphatic heterocycles. The van der Waals surface area contributed by atoms with Gasteiger partial charge in [-0.25, -0.2) is 0 Å². The molecule has 0 spiro atoms. The van der Waals surface area contributed by atoms with Crippen molar-refractivity contribution in [3.05, 3.63) is 33.8 Å². The maximum Gasteiger partial charge on any atom is 0.152 e. The molecule has 0 fully saturated rings. The average Bonchev–Trinajstić information content (AvgIpc) is 2.21. The monoisotopic (exact) mass is 360 g/mol. The van der Waals surface area contributed by atoms with Crippen LogP contribution in [0.4, 0.5) is 0 Å². The van der Waals surface area contributed by atoms with Gasteiger partial charge in [0.2, 0.25) is 0 Å². The summed E-state index contributed by atoms with van der Waals surface area (Å²) in [5, 5.41) is 0. The minimum Gasteiger partial charge on any atom is -0.298 e. The molecule has 17 heavy (non-hydrogen) atoms. The van der Waals surface area contributed by atoms with Crippen molar-refractivity contribution in [3.63, 3.8) is 0 Å². The molecule has 0 aliphatic rings. The fourth-order valence-electron chi connectivity index (χ4n) is 1.62. The summed E-state index contributed by atoms with van der Waals surface area (Å²) in [4.78, 5) is 12.0. The summed E-state index contributed by atoms with van der Waals surface area (Å²) in [6, 6.07) is 6.21. The van der Waals surface area contributed by atoms with E-state index >= 15 is 0 Å². The number of carbonyl (C=O) groups excluding carboxylic acids is 1. The van der Waals surface area contributed by atoms with Crippen LogP contribution in [0.5, 0.6) is 0 Å². The lowest BCUT2D eigenvalue weighted by atomic mass is 9.87. The summed E-state index contributed by atoms with van der Waals surface area (Å²) in [6.45, 7) is 7.92. The minimum atomic E-state index is -0.301. The molecule has 1 unspecified atom stereocenters. The van der Waals surface area contributed by atoms with Crippen LogP contribution in [0.25, 0.3) is 0 Å². The van der Waals surface area contributed by atoms with Crippen LogP contribution in [0.3, 0.4) is 0 Å². The molecule has 94 valence electrons. The van der Waals surface area contributed by atoms with Gasteiger partial charge in [-0.2, -0.15) is 0 Å². The van der Waals surface area contributed by atoms with Crippen molar-refractivity contribution in [1.82, 2.24) is 0 Å². The number of aryl methyl sites for hydroxylation is 1. The Hall–Kier alpha value is -0.150. The maximum atomic E-state index is 12.1. The first kappa shape index (κ1) is 14.9. The van der Waals surface area contributed by atoms with Gasteiger partial charge in [0.25, 0.3) is 0 Å². The molecule has 0 saturated carbocycles. The SMILES string of the molecule is Cc1ccc(Br)c(CC(Br)C(=O)C(C)(C)C)c1. The molecule has 0 amide bonds. The van der Waals surface area contributed by atoms with E-state index in [2.05, 4.69) is 50.9 Å². The second-order valence-corrected chi connectivity index (χ2v) is 7.34. The van der Waals surface area contributed by atoms with Crippen LogP contribution in [-0.4, -0.2) is 10.6 Å². The van der Waals surface area contributed by atoms with E-state index in [9.17, 15) is 4.79 Å². The molecule has 0 heterocycles. The van der Waals surface area contributed by atoms with Crippen molar-refractivity contribution < 1.29 is 4.79 Å². The Balaban J connectivity index is 2.85. The molecule has 1 aromatic carbocycles. The van der Waals surface area contributed by atoms with E-state index in [-0.39, 0.29) is 16.0 Å². The van der Waals surface area contributed by atoms with E-state index in [0.29, 0.717) is 0 Å². The third-order valence-electron chi connectivity index (χ3n) is 2.62. The topological polar surface area (TPSA) is 17.1 Å². The number of ketones is 1. The van der Waals surface area contributed by atoms with Crippen molar-refractivity contribution in [1.29, 1.82) is 0 Å². The molecule has 0 radical (unpaired) electrons. The predicted molar refractivity (Wildman–Crippen MR) is 79.8 cm³/mol. The van der Waals surface area contributed by atoms with Gasteiger partial charge < -0.3 is 0 Å². The number of hydrogen-bond acceptors (Lipinski definition) is 1. The van der Waals surface area contributed by atoms with Crippen LogP contribution in [0.2, 0.25) is 0 Å². The minimum absolute atomic E-state index is 0.124. The highest BCUT2D eigenvalue weighted by atomic mass is 79.9. The zero-order chi connectivity index (χ0) is 13.2. The van der Waals surface area contributed by atoms with Gasteiger partial charge in [-0.15, -0.1) is 0 Å². The Bertz CT molecular complexity index is 419. The summed E-state index contributed by atoms with van der Waals surface area (Å²) >= 11 is 7.03. The molecular formula is C14H18Br2O. The third-order valence-corrected chi connectivity index (χ3v) is 4.14. The van der Waals surface area contributed by atoms with E-state index in [1.54, 1.807) is 0 Å². The van der Waals surface area contributed by atoms with Crippen molar-refractivity contribution in [2.75, 3.05) is 0 Å². The van der Waals surface area contributed by atoms with Crippen molar-refractivity contribution in [2.45, 2.75) is 38.9 Å². The van der Waals surface area contributed by atoms with Gasteiger partial charge >= 0.3 is 0 Å². The Morgan fingerprint density at radius 3 is 2.47 bits per heavy atom. The number of alkyl halides is 1. The Labute approximate surface area is 120 Å². The quantitative estimate of drug-likeness (QED) is 0.714. The third kappa shape index (κ3) is 4.22. The van der Waals surface area contributed by atoms with E-state index in [0.717, 1.165) is 10.9 Å².